The SMILES string of the molecule is O=[S@@](NOCc1ccccc1)c1ccccc1. The van der Waals surface area contributed by atoms with E-state index in [1.807, 2.05) is 48.5 Å². The van der Waals surface area contributed by atoms with Gasteiger partial charge in [0.2, 0.25) is 0 Å². The summed E-state index contributed by atoms with van der Waals surface area (Å²) in [5.74, 6) is 0. The van der Waals surface area contributed by atoms with Gasteiger partial charge in [0.05, 0.1) is 11.5 Å². The largest absolute Gasteiger partial charge is 0.284 e. The number of rotatable bonds is 5. The Labute approximate surface area is 103 Å². The average molecular weight is 247 g/mol. The Kier molecular flexibility index (Phi) is 4.44. The van der Waals surface area contributed by atoms with Crippen molar-refractivity contribution in [3.05, 3.63) is 66.2 Å². The highest BCUT2D eigenvalue weighted by molar-refractivity contribution is 7.82. The second-order valence-electron chi connectivity index (χ2n) is 3.44. The third kappa shape index (κ3) is 3.78. The van der Waals surface area contributed by atoms with Gasteiger partial charge in [0.25, 0.3) is 0 Å². The van der Waals surface area contributed by atoms with Crippen molar-refractivity contribution in [3.63, 3.8) is 0 Å². The lowest BCUT2D eigenvalue weighted by atomic mass is 10.2. The van der Waals surface area contributed by atoms with Crippen LogP contribution in [-0.4, -0.2) is 4.21 Å². The minimum Gasteiger partial charge on any atom is -0.284 e. The molecule has 0 aromatic heterocycles. The second kappa shape index (κ2) is 6.30. The van der Waals surface area contributed by atoms with E-state index in [1.54, 1.807) is 12.1 Å². The molecule has 0 spiro atoms. The molecule has 0 bridgehead atoms. The van der Waals surface area contributed by atoms with Crippen molar-refractivity contribution in [1.82, 2.24) is 4.89 Å². The molecule has 88 valence electrons. The minimum absolute atomic E-state index is 0.388. The zero-order chi connectivity index (χ0) is 11.9. The maximum Gasteiger partial charge on any atom is 0.148 e. The first kappa shape index (κ1) is 12.0. The Morgan fingerprint density at radius 2 is 1.53 bits per heavy atom. The maximum atomic E-state index is 11.7. The number of hydrogen-bond donors (Lipinski definition) is 1. The molecule has 4 heteroatoms. The van der Waals surface area contributed by atoms with E-state index < -0.39 is 11.0 Å². The van der Waals surface area contributed by atoms with E-state index in [2.05, 4.69) is 4.89 Å². The van der Waals surface area contributed by atoms with Crippen molar-refractivity contribution in [2.24, 2.45) is 0 Å². The molecule has 0 fully saturated rings. The van der Waals surface area contributed by atoms with Gasteiger partial charge < -0.3 is 0 Å². The highest BCUT2D eigenvalue weighted by Crippen LogP contribution is 2.04. The van der Waals surface area contributed by atoms with Gasteiger partial charge in [-0.05, 0) is 17.7 Å². The summed E-state index contributed by atoms with van der Waals surface area (Å²) >= 11 is 0. The molecule has 1 N–H and O–H groups in total. The number of benzene rings is 2. The molecule has 0 amide bonds. The van der Waals surface area contributed by atoms with Crippen LogP contribution in [0.5, 0.6) is 0 Å². The van der Waals surface area contributed by atoms with Crippen LogP contribution in [0.3, 0.4) is 0 Å². The molecule has 0 aliphatic heterocycles. The van der Waals surface area contributed by atoms with E-state index >= 15 is 0 Å². The summed E-state index contributed by atoms with van der Waals surface area (Å²) in [5.41, 5.74) is 1.03. The van der Waals surface area contributed by atoms with Crippen LogP contribution in [0.15, 0.2) is 65.6 Å². The molecule has 1 atom stereocenters. The molecular formula is C13H13NO2S. The second-order valence-corrected chi connectivity index (χ2v) is 4.61. The normalized spacial score (nSPS) is 12.2. The maximum absolute atomic E-state index is 11.7. The molecule has 0 aliphatic rings. The molecule has 2 rings (SSSR count). The summed E-state index contributed by atoms with van der Waals surface area (Å²) in [5, 5.41) is 0. The van der Waals surface area contributed by atoms with E-state index in [4.69, 9.17) is 4.84 Å². The van der Waals surface area contributed by atoms with Crippen LogP contribution in [0, 0.1) is 0 Å². The first-order valence-corrected chi connectivity index (χ1v) is 6.39. The van der Waals surface area contributed by atoms with Gasteiger partial charge in [0.1, 0.15) is 11.0 Å². The lowest BCUT2D eigenvalue weighted by Crippen LogP contribution is -2.17. The molecule has 0 unspecified atom stereocenters. The van der Waals surface area contributed by atoms with Crippen LogP contribution in [0.1, 0.15) is 5.56 Å². The summed E-state index contributed by atoms with van der Waals surface area (Å²) in [6.07, 6.45) is 0. The Morgan fingerprint density at radius 3 is 2.18 bits per heavy atom. The molecule has 3 nitrogen and oxygen atoms in total. The van der Waals surface area contributed by atoms with Crippen LogP contribution in [0.2, 0.25) is 0 Å². The minimum atomic E-state index is -1.33. The van der Waals surface area contributed by atoms with Crippen molar-refractivity contribution < 1.29 is 9.05 Å². The van der Waals surface area contributed by atoms with Crippen LogP contribution < -0.4 is 4.89 Å². The Balaban J connectivity index is 1.82. The predicted molar refractivity (Wildman–Crippen MR) is 67.2 cm³/mol. The summed E-state index contributed by atoms with van der Waals surface area (Å²) in [7, 11) is -1.33. The van der Waals surface area contributed by atoms with Gasteiger partial charge >= 0.3 is 0 Å². The zero-order valence-electron chi connectivity index (χ0n) is 9.21. The topological polar surface area (TPSA) is 38.3 Å². The number of hydrogen-bond acceptors (Lipinski definition) is 2. The summed E-state index contributed by atoms with van der Waals surface area (Å²) in [4.78, 5) is 8.40. The fraction of sp³-hybridized carbons (Fsp3) is 0.0769. The molecular weight excluding hydrogens is 234 g/mol. The van der Waals surface area contributed by atoms with Crippen molar-refractivity contribution in [1.29, 1.82) is 0 Å². The molecule has 0 radical (unpaired) electrons. The third-order valence-electron chi connectivity index (χ3n) is 2.17. The highest BCUT2D eigenvalue weighted by Gasteiger charge is 2.01. The fourth-order valence-corrected chi connectivity index (χ4v) is 2.00. The van der Waals surface area contributed by atoms with Crippen molar-refractivity contribution >= 4 is 11.0 Å². The van der Waals surface area contributed by atoms with Crippen LogP contribution in [-0.2, 0) is 22.4 Å². The first-order valence-electron chi connectivity index (χ1n) is 5.24. The van der Waals surface area contributed by atoms with Crippen molar-refractivity contribution in [3.8, 4) is 0 Å². The molecule has 0 aliphatic carbocycles. The average Bonchev–Trinajstić information content (AvgIpc) is 2.41. The number of nitrogens with one attached hydrogen (secondary N) is 1. The van der Waals surface area contributed by atoms with Gasteiger partial charge in [-0.1, -0.05) is 48.5 Å². The van der Waals surface area contributed by atoms with Crippen molar-refractivity contribution in [2.75, 3.05) is 0 Å². The predicted octanol–water partition coefficient (Wildman–Crippen LogP) is 2.43. The van der Waals surface area contributed by atoms with E-state index in [0.717, 1.165) is 5.56 Å². The lowest BCUT2D eigenvalue weighted by molar-refractivity contribution is 0.0833. The molecule has 2 aromatic carbocycles. The fourth-order valence-electron chi connectivity index (χ4n) is 1.33. The standard InChI is InChI=1S/C13H13NO2S/c15-17(13-9-5-2-6-10-13)14-16-11-12-7-3-1-4-8-12/h1-10,14H,11H2/t17-/m1/s1. The first-order chi connectivity index (χ1) is 8.36. The molecule has 0 saturated heterocycles. The molecule has 0 heterocycles. The Hall–Kier alpha value is -1.49. The van der Waals surface area contributed by atoms with Gasteiger partial charge in [-0.25, -0.2) is 4.21 Å². The Morgan fingerprint density at radius 1 is 0.941 bits per heavy atom. The van der Waals surface area contributed by atoms with Gasteiger partial charge in [0, 0.05) is 0 Å². The summed E-state index contributed by atoms with van der Waals surface area (Å²) < 4.78 is 11.7. The smallest absolute Gasteiger partial charge is 0.148 e. The quantitative estimate of drug-likeness (QED) is 0.824. The van der Waals surface area contributed by atoms with Gasteiger partial charge in [-0.15, -0.1) is 4.89 Å². The van der Waals surface area contributed by atoms with E-state index in [-0.39, 0.29) is 0 Å². The molecule has 2 aromatic rings. The van der Waals surface area contributed by atoms with Gasteiger partial charge in [-0.3, -0.25) is 4.84 Å². The zero-order valence-corrected chi connectivity index (χ0v) is 10.0. The van der Waals surface area contributed by atoms with E-state index in [1.165, 1.54) is 0 Å². The lowest BCUT2D eigenvalue weighted by Gasteiger charge is -2.05. The molecule has 17 heavy (non-hydrogen) atoms. The highest BCUT2D eigenvalue weighted by atomic mass is 32.2. The Bertz CT molecular complexity index is 473. The van der Waals surface area contributed by atoms with Crippen LogP contribution >= 0.6 is 0 Å². The molecule has 0 saturated carbocycles. The summed E-state index contributed by atoms with van der Waals surface area (Å²) in [6.45, 7) is 0.388. The van der Waals surface area contributed by atoms with E-state index in [9.17, 15) is 4.21 Å². The van der Waals surface area contributed by atoms with Crippen molar-refractivity contribution in [2.45, 2.75) is 11.5 Å². The van der Waals surface area contributed by atoms with Crippen LogP contribution in [0.25, 0.3) is 0 Å². The van der Waals surface area contributed by atoms with Gasteiger partial charge in [0.15, 0.2) is 0 Å². The van der Waals surface area contributed by atoms with Gasteiger partial charge in [-0.2, -0.15) is 0 Å². The monoisotopic (exact) mass is 247 g/mol. The van der Waals surface area contributed by atoms with Crippen LogP contribution in [0.4, 0.5) is 0 Å². The summed E-state index contributed by atoms with van der Waals surface area (Å²) in [6, 6.07) is 18.9. The van der Waals surface area contributed by atoms with E-state index in [0.29, 0.717) is 11.5 Å². The third-order valence-corrected chi connectivity index (χ3v) is 3.14.